The fourth-order valence-electron chi connectivity index (χ4n) is 2.10. The van der Waals surface area contributed by atoms with Crippen LogP contribution in [0.4, 0.5) is 5.82 Å². The van der Waals surface area contributed by atoms with Gasteiger partial charge in [-0.1, -0.05) is 42.8 Å². The Morgan fingerprint density at radius 3 is 2.67 bits per heavy atom. The van der Waals surface area contributed by atoms with Crippen molar-refractivity contribution in [3.63, 3.8) is 0 Å². The van der Waals surface area contributed by atoms with E-state index in [1.165, 1.54) is 11.8 Å². The van der Waals surface area contributed by atoms with Crippen molar-refractivity contribution in [1.82, 2.24) is 10.3 Å². The van der Waals surface area contributed by atoms with Gasteiger partial charge in [-0.3, -0.25) is 4.79 Å². The zero-order valence-electron chi connectivity index (χ0n) is 12.1. The fourth-order valence-corrected chi connectivity index (χ4v) is 2.28. The Labute approximate surface area is 129 Å². The Kier molecular flexibility index (Phi) is 5.17. The van der Waals surface area contributed by atoms with Crippen molar-refractivity contribution in [3.05, 3.63) is 58.2 Å². The summed E-state index contributed by atoms with van der Waals surface area (Å²) < 4.78 is 0. The molecule has 0 aliphatic carbocycles. The average Bonchev–Trinajstić information content (AvgIpc) is 2.53. The maximum absolute atomic E-state index is 12.3. The topological polar surface area (TPSA) is 54.0 Å². The second-order valence-electron chi connectivity index (χ2n) is 4.60. The standard InChI is InChI=1S/C16H18ClN3O/c1-3-11-6-4-5-7-12(11)9-20-16(21)13-8-15(18-2)19-10-14(13)17/h4-8,10H,3,9H2,1-2H3,(H,18,19)(H,20,21). The maximum Gasteiger partial charge on any atom is 0.253 e. The van der Waals surface area contributed by atoms with Crippen molar-refractivity contribution in [3.8, 4) is 0 Å². The molecule has 5 heteroatoms. The van der Waals surface area contributed by atoms with Crippen molar-refractivity contribution in [2.45, 2.75) is 19.9 Å². The van der Waals surface area contributed by atoms with E-state index in [2.05, 4.69) is 28.6 Å². The van der Waals surface area contributed by atoms with E-state index < -0.39 is 0 Å². The van der Waals surface area contributed by atoms with E-state index in [1.54, 1.807) is 13.1 Å². The molecule has 0 saturated heterocycles. The molecule has 2 rings (SSSR count). The van der Waals surface area contributed by atoms with E-state index in [1.807, 2.05) is 18.2 Å². The summed E-state index contributed by atoms with van der Waals surface area (Å²) in [5.41, 5.74) is 2.77. The first-order valence-corrected chi connectivity index (χ1v) is 7.21. The van der Waals surface area contributed by atoms with E-state index in [-0.39, 0.29) is 5.91 Å². The molecule has 2 N–H and O–H groups in total. The zero-order chi connectivity index (χ0) is 15.2. The lowest BCUT2D eigenvalue weighted by Crippen LogP contribution is -2.24. The molecule has 0 bridgehead atoms. The van der Waals surface area contributed by atoms with Gasteiger partial charge in [0, 0.05) is 19.8 Å². The lowest BCUT2D eigenvalue weighted by Gasteiger charge is -2.10. The lowest BCUT2D eigenvalue weighted by molar-refractivity contribution is 0.0951. The van der Waals surface area contributed by atoms with Gasteiger partial charge in [-0.05, 0) is 23.6 Å². The highest BCUT2D eigenvalue weighted by molar-refractivity contribution is 6.33. The number of benzene rings is 1. The van der Waals surface area contributed by atoms with E-state index >= 15 is 0 Å². The molecule has 1 heterocycles. The Morgan fingerprint density at radius 2 is 2.00 bits per heavy atom. The highest BCUT2D eigenvalue weighted by Gasteiger charge is 2.12. The van der Waals surface area contributed by atoms with Gasteiger partial charge >= 0.3 is 0 Å². The van der Waals surface area contributed by atoms with Gasteiger partial charge in [0.05, 0.1) is 10.6 Å². The molecule has 1 amide bonds. The summed E-state index contributed by atoms with van der Waals surface area (Å²) in [6.07, 6.45) is 2.41. The summed E-state index contributed by atoms with van der Waals surface area (Å²) in [5.74, 6) is 0.406. The molecule has 4 nitrogen and oxygen atoms in total. The normalized spacial score (nSPS) is 10.2. The SMILES string of the molecule is CCc1ccccc1CNC(=O)c1cc(NC)ncc1Cl. The van der Waals surface area contributed by atoms with Crippen LogP contribution in [0.3, 0.4) is 0 Å². The largest absolute Gasteiger partial charge is 0.373 e. The van der Waals surface area contributed by atoms with Crippen LogP contribution in [-0.4, -0.2) is 17.9 Å². The number of nitrogens with zero attached hydrogens (tertiary/aromatic N) is 1. The summed E-state index contributed by atoms with van der Waals surface area (Å²) in [5, 5.41) is 6.14. The van der Waals surface area contributed by atoms with Crippen molar-refractivity contribution in [2.24, 2.45) is 0 Å². The van der Waals surface area contributed by atoms with E-state index in [9.17, 15) is 4.79 Å². The molecular formula is C16H18ClN3O. The minimum atomic E-state index is -0.204. The first kappa shape index (κ1) is 15.3. The molecule has 0 atom stereocenters. The third-order valence-electron chi connectivity index (χ3n) is 3.29. The predicted octanol–water partition coefficient (Wildman–Crippen LogP) is 3.27. The Bertz CT molecular complexity index is 643. The van der Waals surface area contributed by atoms with Gasteiger partial charge < -0.3 is 10.6 Å². The minimum absolute atomic E-state index is 0.204. The second-order valence-corrected chi connectivity index (χ2v) is 5.01. The first-order chi connectivity index (χ1) is 10.2. The Balaban J connectivity index is 2.11. The minimum Gasteiger partial charge on any atom is -0.373 e. The molecule has 2 aromatic rings. The number of rotatable bonds is 5. The third-order valence-corrected chi connectivity index (χ3v) is 3.60. The van der Waals surface area contributed by atoms with Gasteiger partial charge in [-0.25, -0.2) is 4.98 Å². The number of halogens is 1. The predicted molar refractivity (Wildman–Crippen MR) is 85.8 cm³/mol. The molecule has 0 saturated carbocycles. The summed E-state index contributed by atoms with van der Waals surface area (Å²) >= 11 is 6.04. The number of anilines is 1. The number of aromatic nitrogens is 1. The van der Waals surface area contributed by atoms with Gasteiger partial charge in [0.1, 0.15) is 5.82 Å². The van der Waals surface area contributed by atoms with Crippen LogP contribution in [0.15, 0.2) is 36.5 Å². The first-order valence-electron chi connectivity index (χ1n) is 6.84. The van der Waals surface area contributed by atoms with Gasteiger partial charge in [-0.15, -0.1) is 0 Å². The number of pyridine rings is 1. The molecule has 0 aliphatic rings. The summed E-state index contributed by atoms with van der Waals surface area (Å²) in [6.45, 7) is 2.58. The van der Waals surface area contributed by atoms with E-state index in [4.69, 9.17) is 11.6 Å². The summed E-state index contributed by atoms with van der Waals surface area (Å²) in [6, 6.07) is 9.71. The van der Waals surface area contributed by atoms with Crippen molar-refractivity contribution < 1.29 is 4.79 Å². The van der Waals surface area contributed by atoms with Crippen LogP contribution >= 0.6 is 11.6 Å². The number of hydrogen-bond donors (Lipinski definition) is 2. The van der Waals surface area contributed by atoms with Gasteiger partial charge in [0.2, 0.25) is 0 Å². The molecule has 110 valence electrons. The third kappa shape index (κ3) is 3.73. The van der Waals surface area contributed by atoms with Crippen LogP contribution in [0.1, 0.15) is 28.4 Å². The molecular weight excluding hydrogens is 286 g/mol. The van der Waals surface area contributed by atoms with Gasteiger partial charge in [-0.2, -0.15) is 0 Å². The number of amides is 1. The molecule has 1 aromatic heterocycles. The number of aryl methyl sites for hydroxylation is 1. The van der Waals surface area contributed by atoms with Crippen LogP contribution < -0.4 is 10.6 Å². The molecule has 0 unspecified atom stereocenters. The number of carbonyl (C=O) groups excluding carboxylic acids is 1. The maximum atomic E-state index is 12.3. The van der Waals surface area contributed by atoms with Crippen molar-refractivity contribution in [1.29, 1.82) is 0 Å². The lowest BCUT2D eigenvalue weighted by atomic mass is 10.1. The quantitative estimate of drug-likeness (QED) is 0.891. The molecule has 0 aliphatic heterocycles. The average molecular weight is 304 g/mol. The zero-order valence-corrected chi connectivity index (χ0v) is 12.9. The highest BCUT2D eigenvalue weighted by atomic mass is 35.5. The van der Waals surface area contributed by atoms with Crippen LogP contribution in [0.2, 0.25) is 5.02 Å². The molecule has 0 fully saturated rings. The summed E-state index contributed by atoms with van der Waals surface area (Å²) in [4.78, 5) is 16.3. The fraction of sp³-hybridized carbons (Fsp3) is 0.250. The summed E-state index contributed by atoms with van der Waals surface area (Å²) in [7, 11) is 1.75. The van der Waals surface area contributed by atoms with E-state index in [0.29, 0.717) is 22.9 Å². The number of carbonyl (C=O) groups is 1. The van der Waals surface area contributed by atoms with Crippen molar-refractivity contribution >= 4 is 23.3 Å². The molecule has 0 spiro atoms. The highest BCUT2D eigenvalue weighted by Crippen LogP contribution is 2.18. The Morgan fingerprint density at radius 1 is 1.29 bits per heavy atom. The smallest absolute Gasteiger partial charge is 0.253 e. The number of nitrogens with one attached hydrogen (secondary N) is 2. The second kappa shape index (κ2) is 7.09. The Hall–Kier alpha value is -2.07. The monoisotopic (exact) mass is 303 g/mol. The van der Waals surface area contributed by atoms with Crippen LogP contribution in [0, 0.1) is 0 Å². The van der Waals surface area contributed by atoms with Gasteiger partial charge in [0.15, 0.2) is 0 Å². The van der Waals surface area contributed by atoms with Crippen LogP contribution in [0.25, 0.3) is 0 Å². The van der Waals surface area contributed by atoms with E-state index in [0.717, 1.165) is 12.0 Å². The number of hydrogen-bond acceptors (Lipinski definition) is 3. The molecule has 0 radical (unpaired) electrons. The van der Waals surface area contributed by atoms with Crippen molar-refractivity contribution in [2.75, 3.05) is 12.4 Å². The van der Waals surface area contributed by atoms with Gasteiger partial charge in [0.25, 0.3) is 5.91 Å². The van der Waals surface area contributed by atoms with Crippen LogP contribution in [0.5, 0.6) is 0 Å². The molecule has 21 heavy (non-hydrogen) atoms. The molecule has 1 aromatic carbocycles. The van der Waals surface area contributed by atoms with Crippen LogP contribution in [-0.2, 0) is 13.0 Å².